The second kappa shape index (κ2) is 5.04. The topological polar surface area (TPSA) is 79.2 Å². The first-order valence-corrected chi connectivity index (χ1v) is 4.85. The van der Waals surface area contributed by atoms with E-state index in [1.54, 1.807) is 13.8 Å². The highest BCUT2D eigenvalue weighted by Crippen LogP contribution is 2.26. The summed E-state index contributed by atoms with van der Waals surface area (Å²) in [5.74, 6) is -0.299. The molecule has 0 aromatic rings. The average molecular weight is 206 g/mol. The normalized spacial score (nSPS) is 43.9. The molecule has 5 unspecified atom stereocenters. The minimum Gasteiger partial charge on any atom is -0.394 e. The van der Waals surface area contributed by atoms with E-state index in [0.29, 0.717) is 6.61 Å². The van der Waals surface area contributed by atoms with Crippen molar-refractivity contribution in [1.82, 2.24) is 0 Å². The van der Waals surface area contributed by atoms with Crippen molar-refractivity contribution >= 4 is 0 Å². The molecular weight excluding hydrogens is 188 g/mol. The number of hydrogen-bond acceptors (Lipinski definition) is 5. The van der Waals surface area contributed by atoms with Crippen molar-refractivity contribution in [2.75, 3.05) is 13.2 Å². The van der Waals surface area contributed by atoms with Crippen LogP contribution in [0.5, 0.6) is 0 Å². The van der Waals surface area contributed by atoms with Gasteiger partial charge < -0.3 is 24.8 Å². The van der Waals surface area contributed by atoms with Gasteiger partial charge in [0.15, 0.2) is 6.29 Å². The summed E-state index contributed by atoms with van der Waals surface area (Å²) >= 11 is 0. The lowest BCUT2D eigenvalue weighted by Crippen LogP contribution is -2.55. The maximum Gasteiger partial charge on any atom is 0.186 e. The molecule has 0 amide bonds. The molecule has 3 N–H and O–H groups in total. The van der Waals surface area contributed by atoms with Gasteiger partial charge in [-0.05, 0) is 6.92 Å². The monoisotopic (exact) mass is 206 g/mol. The molecule has 0 spiro atoms. The van der Waals surface area contributed by atoms with Gasteiger partial charge >= 0.3 is 0 Å². The maximum atomic E-state index is 9.62. The quantitative estimate of drug-likeness (QED) is 0.557. The fourth-order valence-electron chi connectivity index (χ4n) is 1.58. The number of aliphatic hydroxyl groups is 3. The summed E-state index contributed by atoms with van der Waals surface area (Å²) in [6, 6.07) is 0. The molecule has 14 heavy (non-hydrogen) atoms. The zero-order valence-electron chi connectivity index (χ0n) is 8.46. The third-order valence-electron chi connectivity index (χ3n) is 2.57. The van der Waals surface area contributed by atoms with E-state index in [9.17, 15) is 10.2 Å². The Morgan fingerprint density at radius 2 is 1.93 bits per heavy atom. The lowest BCUT2D eigenvalue weighted by molar-refractivity contribution is -0.286. The summed E-state index contributed by atoms with van der Waals surface area (Å²) in [5.41, 5.74) is 0. The predicted octanol–water partition coefficient (Wildman–Crippen LogP) is -0.902. The van der Waals surface area contributed by atoms with Gasteiger partial charge in [0.1, 0.15) is 6.10 Å². The van der Waals surface area contributed by atoms with E-state index in [4.69, 9.17) is 14.6 Å². The van der Waals surface area contributed by atoms with Crippen LogP contribution in [0.2, 0.25) is 0 Å². The van der Waals surface area contributed by atoms with E-state index in [2.05, 4.69) is 0 Å². The van der Waals surface area contributed by atoms with Gasteiger partial charge in [-0.1, -0.05) is 6.92 Å². The Hall–Kier alpha value is -0.200. The van der Waals surface area contributed by atoms with E-state index in [1.165, 1.54) is 0 Å². The van der Waals surface area contributed by atoms with Crippen LogP contribution in [0.15, 0.2) is 0 Å². The summed E-state index contributed by atoms with van der Waals surface area (Å²) in [6.45, 7) is 3.70. The zero-order valence-corrected chi connectivity index (χ0v) is 8.46. The molecule has 1 aliphatic heterocycles. The fourth-order valence-corrected chi connectivity index (χ4v) is 1.58. The number of hydrogen-bond donors (Lipinski definition) is 3. The molecule has 1 aliphatic rings. The summed E-state index contributed by atoms with van der Waals surface area (Å²) < 4.78 is 10.4. The van der Waals surface area contributed by atoms with Crippen molar-refractivity contribution in [3.63, 3.8) is 0 Å². The van der Waals surface area contributed by atoms with Gasteiger partial charge in [0.2, 0.25) is 0 Å². The Bertz CT molecular complexity index is 171. The van der Waals surface area contributed by atoms with E-state index in [0.717, 1.165) is 0 Å². The SMILES string of the molecule is CCOC1OC(CO)C(C)C(O)C1O. The van der Waals surface area contributed by atoms with Crippen LogP contribution in [0.25, 0.3) is 0 Å². The minimum atomic E-state index is -1.05. The van der Waals surface area contributed by atoms with Crippen LogP contribution in [0, 0.1) is 5.92 Å². The number of rotatable bonds is 3. The van der Waals surface area contributed by atoms with Crippen LogP contribution in [0.1, 0.15) is 13.8 Å². The standard InChI is InChI=1S/C9H18O5/c1-3-13-9-8(12)7(11)5(2)6(4-10)14-9/h5-12H,3-4H2,1-2H3. The van der Waals surface area contributed by atoms with Crippen LogP contribution in [0.3, 0.4) is 0 Å². The molecule has 5 nitrogen and oxygen atoms in total. The summed E-state index contributed by atoms with van der Waals surface area (Å²) in [6.07, 6.45) is -3.29. The summed E-state index contributed by atoms with van der Waals surface area (Å²) in [7, 11) is 0. The Morgan fingerprint density at radius 3 is 2.43 bits per heavy atom. The van der Waals surface area contributed by atoms with Crippen LogP contribution in [-0.4, -0.2) is 53.1 Å². The largest absolute Gasteiger partial charge is 0.394 e. The Morgan fingerprint density at radius 1 is 1.29 bits per heavy atom. The highest BCUT2D eigenvalue weighted by molar-refractivity contribution is 4.86. The lowest BCUT2D eigenvalue weighted by atomic mass is 9.91. The second-order valence-electron chi connectivity index (χ2n) is 3.52. The van der Waals surface area contributed by atoms with E-state index in [-0.39, 0.29) is 12.5 Å². The van der Waals surface area contributed by atoms with Gasteiger partial charge in [-0.15, -0.1) is 0 Å². The Kier molecular flexibility index (Phi) is 4.28. The van der Waals surface area contributed by atoms with Crippen LogP contribution < -0.4 is 0 Å². The van der Waals surface area contributed by atoms with Crippen molar-refractivity contribution in [2.24, 2.45) is 5.92 Å². The summed E-state index contributed by atoms with van der Waals surface area (Å²) in [5, 5.41) is 28.2. The van der Waals surface area contributed by atoms with Crippen LogP contribution in [0.4, 0.5) is 0 Å². The van der Waals surface area contributed by atoms with Crippen molar-refractivity contribution in [1.29, 1.82) is 0 Å². The lowest BCUT2D eigenvalue weighted by Gasteiger charge is -2.40. The van der Waals surface area contributed by atoms with Gasteiger partial charge in [-0.3, -0.25) is 0 Å². The van der Waals surface area contributed by atoms with E-state index in [1.807, 2.05) is 0 Å². The number of aliphatic hydroxyl groups excluding tert-OH is 3. The molecule has 0 aliphatic carbocycles. The third-order valence-corrected chi connectivity index (χ3v) is 2.57. The smallest absolute Gasteiger partial charge is 0.186 e. The number of ether oxygens (including phenoxy) is 2. The molecule has 1 fully saturated rings. The van der Waals surface area contributed by atoms with Crippen molar-refractivity contribution in [3.8, 4) is 0 Å². The molecule has 0 bridgehead atoms. The molecule has 1 rings (SSSR count). The first kappa shape index (κ1) is 11.9. The molecule has 0 radical (unpaired) electrons. The van der Waals surface area contributed by atoms with Gasteiger partial charge in [-0.25, -0.2) is 0 Å². The Balaban J connectivity index is 2.63. The van der Waals surface area contributed by atoms with Crippen LogP contribution in [-0.2, 0) is 9.47 Å². The van der Waals surface area contributed by atoms with E-state index < -0.39 is 24.6 Å². The fraction of sp³-hybridized carbons (Fsp3) is 1.00. The maximum absolute atomic E-state index is 9.62. The average Bonchev–Trinajstić information content (AvgIpc) is 2.19. The molecule has 5 atom stereocenters. The minimum absolute atomic E-state index is 0.186. The molecule has 1 saturated heterocycles. The van der Waals surface area contributed by atoms with Gasteiger partial charge in [-0.2, -0.15) is 0 Å². The molecule has 0 saturated carbocycles. The molecule has 5 heteroatoms. The van der Waals surface area contributed by atoms with Crippen molar-refractivity contribution < 1.29 is 24.8 Å². The van der Waals surface area contributed by atoms with Crippen molar-refractivity contribution in [3.05, 3.63) is 0 Å². The first-order valence-electron chi connectivity index (χ1n) is 4.85. The second-order valence-corrected chi connectivity index (χ2v) is 3.52. The summed E-state index contributed by atoms with van der Waals surface area (Å²) in [4.78, 5) is 0. The van der Waals surface area contributed by atoms with Gasteiger partial charge in [0, 0.05) is 12.5 Å². The molecular formula is C9H18O5. The van der Waals surface area contributed by atoms with Crippen LogP contribution >= 0.6 is 0 Å². The molecule has 0 aromatic heterocycles. The molecule has 84 valence electrons. The van der Waals surface area contributed by atoms with Gasteiger partial charge in [0.05, 0.1) is 18.8 Å². The van der Waals surface area contributed by atoms with E-state index >= 15 is 0 Å². The molecule has 0 aromatic carbocycles. The highest BCUT2D eigenvalue weighted by Gasteiger charge is 2.42. The predicted molar refractivity (Wildman–Crippen MR) is 48.6 cm³/mol. The first-order chi connectivity index (χ1) is 6.61. The highest BCUT2D eigenvalue weighted by atomic mass is 16.7. The zero-order chi connectivity index (χ0) is 10.7. The third kappa shape index (κ3) is 2.24. The van der Waals surface area contributed by atoms with Gasteiger partial charge in [0.25, 0.3) is 0 Å². The van der Waals surface area contributed by atoms with Crippen molar-refractivity contribution in [2.45, 2.75) is 38.4 Å². The Labute approximate surface area is 83.3 Å². The molecule has 1 heterocycles.